The van der Waals surface area contributed by atoms with E-state index in [1.165, 1.54) is 0 Å². The lowest BCUT2D eigenvalue weighted by molar-refractivity contribution is -0.139. The second-order valence-corrected chi connectivity index (χ2v) is 7.02. The smallest absolute Gasteiger partial charge is 0.317 e. The topological polar surface area (TPSA) is 69.6 Å². The van der Waals surface area contributed by atoms with Gasteiger partial charge in [0.05, 0.1) is 6.54 Å². The number of carbonyl (C=O) groups excluding carboxylic acids is 1. The quantitative estimate of drug-likeness (QED) is 0.793. The Labute approximate surface area is 145 Å². The SMILES string of the molecule is CCN(CC(=O)O)C1CC(NC(=O)c2cc(C)c(Br)cc2C)C1. The Balaban J connectivity index is 1.91. The number of rotatable bonds is 6. The Hall–Kier alpha value is -1.40. The highest BCUT2D eigenvalue weighted by molar-refractivity contribution is 9.10. The van der Waals surface area contributed by atoms with Gasteiger partial charge in [0.1, 0.15) is 0 Å². The van der Waals surface area contributed by atoms with Crippen molar-refractivity contribution in [3.8, 4) is 0 Å². The molecule has 1 fully saturated rings. The summed E-state index contributed by atoms with van der Waals surface area (Å²) in [4.78, 5) is 25.2. The van der Waals surface area contributed by atoms with Gasteiger partial charge in [-0.05, 0) is 56.5 Å². The molecule has 0 heterocycles. The fourth-order valence-corrected chi connectivity index (χ4v) is 3.42. The molecule has 1 amide bonds. The number of hydrogen-bond acceptors (Lipinski definition) is 3. The van der Waals surface area contributed by atoms with Crippen molar-refractivity contribution >= 4 is 27.8 Å². The summed E-state index contributed by atoms with van der Waals surface area (Å²) in [5.41, 5.74) is 2.68. The van der Waals surface area contributed by atoms with Crippen LogP contribution in [0.3, 0.4) is 0 Å². The molecule has 1 aromatic rings. The molecular weight excluding hydrogens is 360 g/mol. The van der Waals surface area contributed by atoms with Crippen molar-refractivity contribution in [2.75, 3.05) is 13.1 Å². The number of likely N-dealkylation sites (N-methyl/N-ethyl adjacent to an activating group) is 1. The summed E-state index contributed by atoms with van der Waals surface area (Å²) in [6, 6.07) is 4.22. The van der Waals surface area contributed by atoms with Crippen molar-refractivity contribution in [1.82, 2.24) is 10.2 Å². The maximum absolute atomic E-state index is 12.4. The van der Waals surface area contributed by atoms with E-state index in [9.17, 15) is 9.59 Å². The molecule has 1 aliphatic rings. The first kappa shape index (κ1) is 17.9. The zero-order chi connectivity index (χ0) is 17.1. The minimum atomic E-state index is -0.805. The molecule has 23 heavy (non-hydrogen) atoms. The lowest BCUT2D eigenvalue weighted by Crippen LogP contribution is -2.54. The molecule has 0 unspecified atom stereocenters. The maximum atomic E-state index is 12.4. The van der Waals surface area contributed by atoms with Crippen LogP contribution in [0.15, 0.2) is 16.6 Å². The third-order valence-corrected chi connectivity index (χ3v) is 5.31. The van der Waals surface area contributed by atoms with Crippen LogP contribution in [0.4, 0.5) is 0 Å². The molecule has 0 bridgehead atoms. The molecular formula is C17H23BrN2O3. The van der Waals surface area contributed by atoms with Gasteiger partial charge in [-0.15, -0.1) is 0 Å². The first-order valence-electron chi connectivity index (χ1n) is 7.85. The average molecular weight is 383 g/mol. The van der Waals surface area contributed by atoms with Gasteiger partial charge in [0.25, 0.3) is 5.91 Å². The Bertz CT molecular complexity index is 612. The standard InChI is InChI=1S/C17H23BrN2O3/c1-4-20(9-16(21)22)13-7-12(8-13)19-17(23)14-5-11(3)15(18)6-10(14)2/h5-6,12-13H,4,7-9H2,1-3H3,(H,19,23)(H,21,22). The van der Waals surface area contributed by atoms with E-state index in [0.717, 1.165) is 28.4 Å². The number of aliphatic carboxylic acids is 1. The van der Waals surface area contributed by atoms with Crippen LogP contribution < -0.4 is 5.32 Å². The van der Waals surface area contributed by atoms with Gasteiger partial charge in [-0.1, -0.05) is 22.9 Å². The van der Waals surface area contributed by atoms with E-state index in [-0.39, 0.29) is 24.5 Å². The Morgan fingerprint density at radius 2 is 1.96 bits per heavy atom. The minimum Gasteiger partial charge on any atom is -0.480 e. The van der Waals surface area contributed by atoms with Crippen molar-refractivity contribution in [3.63, 3.8) is 0 Å². The molecule has 1 saturated carbocycles. The van der Waals surface area contributed by atoms with Crippen molar-refractivity contribution < 1.29 is 14.7 Å². The van der Waals surface area contributed by atoms with Gasteiger partial charge >= 0.3 is 5.97 Å². The van der Waals surface area contributed by atoms with Crippen LogP contribution in [0.2, 0.25) is 0 Å². The van der Waals surface area contributed by atoms with Gasteiger partial charge in [-0.2, -0.15) is 0 Å². The number of benzene rings is 1. The van der Waals surface area contributed by atoms with Crippen molar-refractivity contribution in [1.29, 1.82) is 0 Å². The van der Waals surface area contributed by atoms with Crippen molar-refractivity contribution in [2.24, 2.45) is 0 Å². The molecule has 2 rings (SSSR count). The Kier molecular flexibility index (Phi) is 5.81. The number of amides is 1. The third-order valence-electron chi connectivity index (χ3n) is 4.46. The summed E-state index contributed by atoms with van der Waals surface area (Å²) in [5.74, 6) is -0.858. The summed E-state index contributed by atoms with van der Waals surface area (Å²) in [6.07, 6.45) is 1.61. The average Bonchev–Trinajstić information content (AvgIpc) is 2.43. The molecule has 0 radical (unpaired) electrons. The van der Waals surface area contributed by atoms with E-state index in [4.69, 9.17) is 5.11 Å². The molecule has 126 valence electrons. The number of aryl methyl sites for hydroxylation is 2. The van der Waals surface area contributed by atoms with Crippen LogP contribution in [-0.2, 0) is 4.79 Å². The summed E-state index contributed by atoms with van der Waals surface area (Å²) in [7, 11) is 0. The molecule has 1 aromatic carbocycles. The summed E-state index contributed by atoms with van der Waals surface area (Å²) in [6.45, 7) is 6.62. The summed E-state index contributed by atoms with van der Waals surface area (Å²) >= 11 is 3.47. The largest absolute Gasteiger partial charge is 0.480 e. The highest BCUT2D eigenvalue weighted by Gasteiger charge is 2.34. The van der Waals surface area contributed by atoms with E-state index in [0.29, 0.717) is 12.1 Å². The number of halogens is 1. The molecule has 0 aromatic heterocycles. The van der Waals surface area contributed by atoms with Gasteiger partial charge in [-0.25, -0.2) is 0 Å². The summed E-state index contributed by atoms with van der Waals surface area (Å²) < 4.78 is 1.00. The maximum Gasteiger partial charge on any atom is 0.317 e. The van der Waals surface area contributed by atoms with Crippen LogP contribution in [-0.4, -0.2) is 47.1 Å². The van der Waals surface area contributed by atoms with Gasteiger partial charge in [0.2, 0.25) is 0 Å². The third kappa shape index (κ3) is 4.32. The highest BCUT2D eigenvalue weighted by Crippen LogP contribution is 2.27. The van der Waals surface area contributed by atoms with Crippen LogP contribution in [0.5, 0.6) is 0 Å². The number of carboxylic acids is 1. The molecule has 0 atom stereocenters. The molecule has 5 nitrogen and oxygen atoms in total. The number of carboxylic acid groups (broad SMARTS) is 1. The molecule has 0 saturated heterocycles. The highest BCUT2D eigenvalue weighted by atomic mass is 79.9. The summed E-state index contributed by atoms with van der Waals surface area (Å²) in [5, 5.41) is 12.0. The normalized spacial score (nSPS) is 20.2. The van der Waals surface area contributed by atoms with Gasteiger partial charge < -0.3 is 10.4 Å². The Morgan fingerprint density at radius 3 is 2.52 bits per heavy atom. The van der Waals surface area contributed by atoms with E-state index >= 15 is 0 Å². The zero-order valence-corrected chi connectivity index (χ0v) is 15.3. The lowest BCUT2D eigenvalue weighted by atomic mass is 9.85. The van der Waals surface area contributed by atoms with E-state index in [1.807, 2.05) is 37.8 Å². The molecule has 6 heteroatoms. The first-order valence-corrected chi connectivity index (χ1v) is 8.64. The number of nitrogens with zero attached hydrogens (tertiary/aromatic N) is 1. The molecule has 2 N–H and O–H groups in total. The zero-order valence-electron chi connectivity index (χ0n) is 13.7. The van der Waals surface area contributed by atoms with E-state index < -0.39 is 5.97 Å². The van der Waals surface area contributed by atoms with Crippen molar-refractivity contribution in [3.05, 3.63) is 33.3 Å². The van der Waals surface area contributed by atoms with E-state index in [2.05, 4.69) is 21.2 Å². The molecule has 0 aliphatic heterocycles. The van der Waals surface area contributed by atoms with Gasteiger partial charge in [0.15, 0.2) is 0 Å². The number of hydrogen-bond donors (Lipinski definition) is 2. The fourth-order valence-electron chi connectivity index (χ4n) is 2.97. The number of carbonyl (C=O) groups is 2. The number of nitrogens with one attached hydrogen (secondary N) is 1. The second kappa shape index (κ2) is 7.45. The molecule has 1 aliphatic carbocycles. The van der Waals surface area contributed by atoms with Gasteiger partial charge in [0, 0.05) is 22.1 Å². The Morgan fingerprint density at radius 1 is 1.30 bits per heavy atom. The second-order valence-electron chi connectivity index (χ2n) is 6.17. The van der Waals surface area contributed by atoms with Crippen LogP contribution in [0.1, 0.15) is 41.3 Å². The predicted molar refractivity (Wildman–Crippen MR) is 92.8 cm³/mol. The van der Waals surface area contributed by atoms with Crippen molar-refractivity contribution in [2.45, 2.75) is 45.7 Å². The van der Waals surface area contributed by atoms with Gasteiger partial charge in [-0.3, -0.25) is 14.5 Å². The van der Waals surface area contributed by atoms with E-state index in [1.54, 1.807) is 0 Å². The van der Waals surface area contributed by atoms with Crippen LogP contribution >= 0.6 is 15.9 Å². The monoisotopic (exact) mass is 382 g/mol. The minimum absolute atomic E-state index is 0.0529. The fraction of sp³-hybridized carbons (Fsp3) is 0.529. The molecule has 0 spiro atoms. The van der Waals surface area contributed by atoms with Crippen LogP contribution in [0.25, 0.3) is 0 Å². The predicted octanol–water partition coefficient (Wildman–Crippen LogP) is 2.73. The first-order chi connectivity index (χ1) is 10.8. The van der Waals surface area contributed by atoms with Crippen LogP contribution in [0, 0.1) is 13.8 Å². The lowest BCUT2D eigenvalue weighted by Gasteiger charge is -2.42.